The van der Waals surface area contributed by atoms with Crippen molar-refractivity contribution in [2.45, 2.75) is 59.4 Å². The Labute approximate surface area is 113 Å². The highest BCUT2D eigenvalue weighted by molar-refractivity contribution is 7.89. The van der Waals surface area contributed by atoms with E-state index in [4.69, 9.17) is 5.73 Å². The van der Waals surface area contributed by atoms with Crippen molar-refractivity contribution in [3.8, 4) is 0 Å². The van der Waals surface area contributed by atoms with Crippen LogP contribution in [0.1, 0.15) is 53.4 Å². The molecule has 0 heterocycles. The summed E-state index contributed by atoms with van der Waals surface area (Å²) in [4.78, 5) is 0. The van der Waals surface area contributed by atoms with E-state index in [1.165, 1.54) is 0 Å². The molecule has 0 bridgehead atoms. The van der Waals surface area contributed by atoms with Crippen molar-refractivity contribution < 1.29 is 8.42 Å². The normalized spacial score (nSPS) is 14.4. The van der Waals surface area contributed by atoms with Crippen molar-refractivity contribution in [2.24, 2.45) is 11.7 Å². The highest BCUT2D eigenvalue weighted by Crippen LogP contribution is 2.15. The van der Waals surface area contributed by atoms with Gasteiger partial charge in [0.25, 0.3) is 0 Å². The van der Waals surface area contributed by atoms with Gasteiger partial charge >= 0.3 is 0 Å². The molecule has 0 rings (SSSR count). The molecule has 2 N–H and O–H groups in total. The quantitative estimate of drug-likeness (QED) is 0.666. The van der Waals surface area contributed by atoms with Crippen LogP contribution in [-0.2, 0) is 10.0 Å². The van der Waals surface area contributed by atoms with E-state index in [0.717, 1.165) is 25.7 Å². The van der Waals surface area contributed by atoms with Crippen molar-refractivity contribution in [1.82, 2.24) is 4.31 Å². The Morgan fingerprint density at radius 3 is 1.78 bits per heavy atom. The lowest BCUT2D eigenvalue weighted by molar-refractivity contribution is 0.385. The molecule has 0 aliphatic rings. The van der Waals surface area contributed by atoms with Crippen LogP contribution >= 0.6 is 0 Å². The molecule has 110 valence electrons. The molecule has 1 atom stereocenters. The van der Waals surface area contributed by atoms with E-state index in [0.29, 0.717) is 19.0 Å². The van der Waals surface area contributed by atoms with Crippen LogP contribution in [0.15, 0.2) is 0 Å². The second-order valence-electron chi connectivity index (χ2n) is 4.92. The molecule has 0 fully saturated rings. The van der Waals surface area contributed by atoms with E-state index in [-0.39, 0.29) is 11.8 Å². The summed E-state index contributed by atoms with van der Waals surface area (Å²) in [6.45, 7) is 9.34. The van der Waals surface area contributed by atoms with Crippen molar-refractivity contribution in [2.75, 3.05) is 18.8 Å². The number of hydrogen-bond acceptors (Lipinski definition) is 3. The fourth-order valence-electron chi connectivity index (χ4n) is 2.27. The summed E-state index contributed by atoms with van der Waals surface area (Å²) in [5, 5.41) is 0. The Bertz CT molecular complexity index is 294. The third-order valence-corrected chi connectivity index (χ3v) is 5.35. The van der Waals surface area contributed by atoms with Crippen LogP contribution in [-0.4, -0.2) is 37.6 Å². The molecule has 0 radical (unpaired) electrons. The number of hydrogen-bond donors (Lipinski definition) is 1. The summed E-state index contributed by atoms with van der Waals surface area (Å²) in [5.74, 6) is 0.379. The second kappa shape index (κ2) is 8.88. The van der Waals surface area contributed by atoms with Crippen molar-refractivity contribution in [1.29, 1.82) is 0 Å². The molecular formula is C13H30N2O2S. The third-order valence-electron chi connectivity index (χ3n) is 3.40. The monoisotopic (exact) mass is 278 g/mol. The fourth-order valence-corrected chi connectivity index (χ4v) is 4.16. The van der Waals surface area contributed by atoms with Crippen LogP contribution in [0.25, 0.3) is 0 Å². The second-order valence-corrected chi connectivity index (χ2v) is 6.93. The van der Waals surface area contributed by atoms with E-state index in [1.807, 2.05) is 13.8 Å². The van der Waals surface area contributed by atoms with E-state index >= 15 is 0 Å². The summed E-state index contributed by atoms with van der Waals surface area (Å²) in [5.41, 5.74) is 6.05. The predicted molar refractivity (Wildman–Crippen MR) is 78.0 cm³/mol. The molecule has 0 aromatic heterocycles. The number of rotatable bonds is 10. The number of nitrogens with zero attached hydrogens (tertiary/aromatic N) is 1. The molecule has 18 heavy (non-hydrogen) atoms. The summed E-state index contributed by atoms with van der Waals surface area (Å²) >= 11 is 0. The summed E-state index contributed by atoms with van der Waals surface area (Å²) < 4.78 is 26.2. The Kier molecular flexibility index (Phi) is 8.82. The molecule has 0 amide bonds. The zero-order valence-corrected chi connectivity index (χ0v) is 13.2. The van der Waals surface area contributed by atoms with Gasteiger partial charge in [0.2, 0.25) is 10.0 Å². The summed E-state index contributed by atoms with van der Waals surface area (Å²) in [7, 11) is -3.20. The van der Waals surface area contributed by atoms with Crippen molar-refractivity contribution >= 4 is 10.0 Å². The van der Waals surface area contributed by atoms with Crippen LogP contribution in [0.3, 0.4) is 0 Å². The molecule has 1 unspecified atom stereocenters. The minimum Gasteiger partial charge on any atom is -0.326 e. The van der Waals surface area contributed by atoms with Gasteiger partial charge in [-0.2, -0.15) is 0 Å². The van der Waals surface area contributed by atoms with Gasteiger partial charge in [0.15, 0.2) is 0 Å². The van der Waals surface area contributed by atoms with Gasteiger partial charge < -0.3 is 5.73 Å². The minimum atomic E-state index is -3.20. The smallest absolute Gasteiger partial charge is 0.215 e. The first-order valence-electron chi connectivity index (χ1n) is 7.16. The largest absolute Gasteiger partial charge is 0.326 e. The van der Waals surface area contributed by atoms with Crippen LogP contribution in [0, 0.1) is 5.92 Å². The Morgan fingerprint density at radius 2 is 1.44 bits per heavy atom. The molecule has 0 aromatic rings. The maximum Gasteiger partial charge on any atom is 0.215 e. The molecule has 0 spiro atoms. The molecular weight excluding hydrogens is 248 g/mol. The van der Waals surface area contributed by atoms with Crippen LogP contribution in [0.2, 0.25) is 0 Å². The lowest BCUT2D eigenvalue weighted by Gasteiger charge is -2.26. The molecule has 5 heteroatoms. The first-order chi connectivity index (χ1) is 8.42. The fraction of sp³-hybridized carbons (Fsp3) is 1.00. The van der Waals surface area contributed by atoms with Crippen molar-refractivity contribution in [3.63, 3.8) is 0 Å². The van der Waals surface area contributed by atoms with Crippen LogP contribution in [0.5, 0.6) is 0 Å². The Morgan fingerprint density at radius 1 is 1.00 bits per heavy atom. The molecule has 0 aliphatic heterocycles. The Hall–Kier alpha value is -0.130. The molecule has 0 saturated heterocycles. The van der Waals surface area contributed by atoms with E-state index in [9.17, 15) is 8.42 Å². The van der Waals surface area contributed by atoms with Gasteiger partial charge in [0.05, 0.1) is 5.75 Å². The van der Waals surface area contributed by atoms with E-state index in [1.54, 1.807) is 4.31 Å². The summed E-state index contributed by atoms with van der Waals surface area (Å²) in [6, 6.07) is -0.249. The van der Waals surface area contributed by atoms with E-state index in [2.05, 4.69) is 13.8 Å². The number of nitrogens with two attached hydrogens (primary N) is 1. The van der Waals surface area contributed by atoms with Gasteiger partial charge in [0.1, 0.15) is 0 Å². The molecule has 0 aliphatic carbocycles. The number of sulfonamides is 1. The maximum absolute atomic E-state index is 12.3. The highest BCUT2D eigenvalue weighted by Gasteiger charge is 2.26. The van der Waals surface area contributed by atoms with Crippen molar-refractivity contribution in [3.05, 3.63) is 0 Å². The maximum atomic E-state index is 12.3. The van der Waals surface area contributed by atoms with Gasteiger partial charge in [-0.25, -0.2) is 12.7 Å². The SMILES string of the molecule is CCCN(CCC)S(=O)(=O)CC(N)C(CC)CC. The van der Waals surface area contributed by atoms with Gasteiger partial charge in [-0.3, -0.25) is 0 Å². The van der Waals surface area contributed by atoms with Gasteiger partial charge in [-0.05, 0) is 18.8 Å². The average Bonchev–Trinajstić information content (AvgIpc) is 2.29. The lowest BCUT2D eigenvalue weighted by Crippen LogP contribution is -2.43. The highest BCUT2D eigenvalue weighted by atomic mass is 32.2. The van der Waals surface area contributed by atoms with Crippen LogP contribution in [0.4, 0.5) is 0 Å². The van der Waals surface area contributed by atoms with Gasteiger partial charge in [-0.1, -0.05) is 40.5 Å². The van der Waals surface area contributed by atoms with Gasteiger partial charge in [-0.15, -0.1) is 0 Å². The molecule has 0 saturated carbocycles. The standard InChI is InChI=1S/C13H30N2O2S/c1-5-9-15(10-6-2)18(16,17)11-13(14)12(7-3)8-4/h12-13H,5-11,14H2,1-4H3. The minimum absolute atomic E-state index is 0.0827. The lowest BCUT2D eigenvalue weighted by atomic mass is 9.96. The topological polar surface area (TPSA) is 63.4 Å². The molecule has 0 aromatic carbocycles. The average molecular weight is 278 g/mol. The van der Waals surface area contributed by atoms with Crippen LogP contribution < -0.4 is 5.73 Å². The Balaban J connectivity index is 4.69. The van der Waals surface area contributed by atoms with Gasteiger partial charge in [0, 0.05) is 19.1 Å². The zero-order valence-electron chi connectivity index (χ0n) is 12.4. The third kappa shape index (κ3) is 5.67. The molecule has 4 nitrogen and oxygen atoms in total. The first kappa shape index (κ1) is 17.9. The summed E-state index contributed by atoms with van der Waals surface area (Å²) in [6.07, 6.45) is 3.57. The van der Waals surface area contributed by atoms with E-state index < -0.39 is 10.0 Å². The predicted octanol–water partition coefficient (Wildman–Crippen LogP) is 2.20. The first-order valence-corrected chi connectivity index (χ1v) is 8.77. The zero-order chi connectivity index (χ0) is 14.2.